The number of benzene rings is 1. The van der Waals surface area contributed by atoms with Gasteiger partial charge in [0.2, 0.25) is 0 Å². The van der Waals surface area contributed by atoms with E-state index in [1.54, 1.807) is 23.1 Å². The molecular weight excluding hydrogens is 385 g/mol. The van der Waals surface area contributed by atoms with Crippen LogP contribution in [0.4, 0.5) is 0 Å². The highest BCUT2D eigenvalue weighted by Crippen LogP contribution is 2.26. The molecule has 0 aliphatic rings. The zero-order valence-electron chi connectivity index (χ0n) is 13.7. The molecule has 134 valence electrons. The molecule has 0 spiro atoms. The van der Waals surface area contributed by atoms with E-state index in [0.717, 1.165) is 39.9 Å². The molecule has 0 atom stereocenters. The van der Waals surface area contributed by atoms with Crippen LogP contribution < -0.4 is 10.6 Å². The van der Waals surface area contributed by atoms with E-state index in [-0.39, 0.29) is 30.7 Å². The molecule has 0 aliphatic carbocycles. The van der Waals surface area contributed by atoms with E-state index in [9.17, 15) is 4.79 Å². The summed E-state index contributed by atoms with van der Waals surface area (Å²) in [6.07, 6.45) is 0.926. The van der Waals surface area contributed by atoms with Crippen molar-refractivity contribution < 1.29 is 4.79 Å². The fourth-order valence-electron chi connectivity index (χ4n) is 1.97. The molecule has 1 aromatic carbocycles. The number of halogens is 2. The molecule has 0 fully saturated rings. The Hall–Kier alpha value is -0.790. The summed E-state index contributed by atoms with van der Waals surface area (Å²) in [4.78, 5) is 17.7. The monoisotopic (exact) mass is 407 g/mol. The maximum absolute atomic E-state index is 12.3. The molecule has 0 saturated heterocycles. The summed E-state index contributed by atoms with van der Waals surface area (Å²) in [5.41, 5.74) is 1.81. The molecule has 0 aliphatic heterocycles. The Labute approximate surface area is 164 Å². The lowest BCUT2D eigenvalue weighted by molar-refractivity contribution is 0.0950. The van der Waals surface area contributed by atoms with Crippen LogP contribution in [0.15, 0.2) is 34.5 Å². The fourth-order valence-corrected chi connectivity index (χ4v) is 3.63. The van der Waals surface area contributed by atoms with Gasteiger partial charge in [-0.05, 0) is 39.1 Å². The molecule has 0 unspecified atom stereocenters. The van der Waals surface area contributed by atoms with Gasteiger partial charge in [0.05, 0.1) is 16.3 Å². The van der Waals surface area contributed by atoms with Crippen LogP contribution in [0.1, 0.15) is 27.5 Å². The summed E-state index contributed by atoms with van der Waals surface area (Å²) in [5.74, 6) is 0.780. The molecule has 8 heteroatoms. The average molecular weight is 408 g/mol. The van der Waals surface area contributed by atoms with Crippen molar-refractivity contribution >= 4 is 53.8 Å². The molecule has 24 heavy (non-hydrogen) atoms. The van der Waals surface area contributed by atoms with E-state index in [0.29, 0.717) is 6.54 Å². The van der Waals surface area contributed by atoms with Gasteiger partial charge in [-0.25, -0.2) is 4.98 Å². The van der Waals surface area contributed by atoms with Crippen molar-refractivity contribution in [2.24, 2.45) is 0 Å². The number of thiazole rings is 1. The molecule has 0 bridgehead atoms. The van der Waals surface area contributed by atoms with Crippen molar-refractivity contribution in [3.05, 3.63) is 45.9 Å². The minimum absolute atomic E-state index is 0. The van der Waals surface area contributed by atoms with Crippen LogP contribution >= 0.6 is 47.9 Å². The number of nitrogens with one attached hydrogen (secondary N) is 2. The van der Waals surface area contributed by atoms with Gasteiger partial charge in [-0.2, -0.15) is 0 Å². The first-order valence-electron chi connectivity index (χ1n) is 7.26. The second-order valence-electron chi connectivity index (χ2n) is 4.86. The number of aromatic nitrogens is 1. The van der Waals surface area contributed by atoms with Crippen LogP contribution in [0.3, 0.4) is 0 Å². The van der Waals surface area contributed by atoms with Crippen LogP contribution in [0.25, 0.3) is 0 Å². The number of carbonyl (C=O) groups excluding carboxylic acids is 1. The number of thioether (sulfide) groups is 1. The van der Waals surface area contributed by atoms with Gasteiger partial charge in [-0.3, -0.25) is 4.79 Å². The number of nitrogens with zero attached hydrogens (tertiary/aromatic N) is 1. The molecule has 2 rings (SSSR count). The van der Waals surface area contributed by atoms with Gasteiger partial charge in [0, 0.05) is 22.6 Å². The van der Waals surface area contributed by atoms with Crippen molar-refractivity contribution in [1.82, 2.24) is 15.6 Å². The first-order valence-corrected chi connectivity index (χ1v) is 9.13. The number of hydrogen-bond acceptors (Lipinski definition) is 5. The normalized spacial score (nSPS) is 9.75. The van der Waals surface area contributed by atoms with Gasteiger partial charge < -0.3 is 10.6 Å². The maximum Gasteiger partial charge on any atom is 0.252 e. The molecule has 4 nitrogen and oxygen atoms in total. The lowest BCUT2D eigenvalue weighted by atomic mass is 10.2. The van der Waals surface area contributed by atoms with Crippen molar-refractivity contribution in [2.75, 3.05) is 20.1 Å². The highest BCUT2D eigenvalue weighted by molar-refractivity contribution is 7.98. The van der Waals surface area contributed by atoms with Crippen LogP contribution in [0.2, 0.25) is 0 Å². The molecule has 0 radical (unpaired) electrons. The van der Waals surface area contributed by atoms with Gasteiger partial charge in [-0.1, -0.05) is 12.1 Å². The summed E-state index contributed by atoms with van der Waals surface area (Å²) in [5, 5.41) is 9.19. The SMILES string of the molecule is CNCCCNC(=O)c1ccccc1SCc1csc(C)n1.Cl.Cl. The number of rotatable bonds is 8. The molecule has 2 aromatic rings. The summed E-state index contributed by atoms with van der Waals surface area (Å²) >= 11 is 3.31. The summed E-state index contributed by atoms with van der Waals surface area (Å²) < 4.78 is 0. The first-order chi connectivity index (χ1) is 10.7. The molecular formula is C16H23Cl2N3OS2. The van der Waals surface area contributed by atoms with Crippen LogP contribution in [0.5, 0.6) is 0 Å². The Balaban J connectivity index is 0.00000264. The molecule has 0 saturated carbocycles. The highest BCUT2D eigenvalue weighted by Gasteiger charge is 2.11. The van der Waals surface area contributed by atoms with E-state index in [4.69, 9.17) is 0 Å². The largest absolute Gasteiger partial charge is 0.352 e. The zero-order chi connectivity index (χ0) is 15.8. The van der Waals surface area contributed by atoms with Crippen LogP contribution in [-0.2, 0) is 5.75 Å². The standard InChI is InChI=1S/C16H21N3OS2.2ClH/c1-12-19-13(10-21-12)11-22-15-7-4-3-6-14(15)16(20)18-9-5-8-17-2;;/h3-4,6-7,10,17H,5,8-9,11H2,1-2H3,(H,18,20);2*1H. The van der Waals surface area contributed by atoms with Gasteiger partial charge in [0.1, 0.15) is 0 Å². The Morgan fingerprint density at radius 1 is 1.25 bits per heavy atom. The first kappa shape index (κ1) is 23.2. The Morgan fingerprint density at radius 3 is 2.67 bits per heavy atom. The van der Waals surface area contributed by atoms with Gasteiger partial charge >= 0.3 is 0 Å². The second kappa shape index (κ2) is 12.6. The predicted molar refractivity (Wildman–Crippen MR) is 108 cm³/mol. The second-order valence-corrected chi connectivity index (χ2v) is 6.94. The van der Waals surface area contributed by atoms with E-state index >= 15 is 0 Å². The van der Waals surface area contributed by atoms with E-state index in [1.165, 1.54) is 0 Å². The quantitative estimate of drug-likeness (QED) is 0.514. The fraction of sp³-hybridized carbons (Fsp3) is 0.375. The number of aryl methyl sites for hydroxylation is 1. The molecule has 1 aromatic heterocycles. The van der Waals surface area contributed by atoms with Crippen LogP contribution in [-0.4, -0.2) is 31.0 Å². The number of hydrogen-bond donors (Lipinski definition) is 2. The van der Waals surface area contributed by atoms with Crippen molar-refractivity contribution in [3.8, 4) is 0 Å². The van der Waals surface area contributed by atoms with Gasteiger partial charge in [0.25, 0.3) is 5.91 Å². The molecule has 1 amide bonds. The van der Waals surface area contributed by atoms with Gasteiger partial charge in [-0.15, -0.1) is 47.9 Å². The van der Waals surface area contributed by atoms with E-state index in [2.05, 4.69) is 21.0 Å². The minimum Gasteiger partial charge on any atom is -0.352 e. The van der Waals surface area contributed by atoms with E-state index in [1.807, 2.05) is 38.2 Å². The maximum atomic E-state index is 12.3. The minimum atomic E-state index is -0.00587. The number of carbonyl (C=O) groups is 1. The predicted octanol–water partition coefficient (Wildman–Crippen LogP) is 3.93. The Bertz CT molecular complexity index is 623. The molecule has 1 heterocycles. The van der Waals surface area contributed by atoms with Crippen molar-refractivity contribution in [2.45, 2.75) is 24.0 Å². The third-order valence-corrected chi connectivity index (χ3v) is 4.99. The lowest BCUT2D eigenvalue weighted by Gasteiger charge is -2.09. The van der Waals surface area contributed by atoms with E-state index < -0.39 is 0 Å². The lowest BCUT2D eigenvalue weighted by Crippen LogP contribution is -2.27. The third kappa shape index (κ3) is 7.40. The third-order valence-electron chi connectivity index (χ3n) is 3.06. The highest BCUT2D eigenvalue weighted by atomic mass is 35.5. The average Bonchev–Trinajstić information content (AvgIpc) is 2.95. The van der Waals surface area contributed by atoms with Crippen molar-refractivity contribution in [3.63, 3.8) is 0 Å². The van der Waals surface area contributed by atoms with Crippen LogP contribution in [0, 0.1) is 6.92 Å². The zero-order valence-corrected chi connectivity index (χ0v) is 17.0. The van der Waals surface area contributed by atoms with Gasteiger partial charge in [0.15, 0.2) is 0 Å². The summed E-state index contributed by atoms with van der Waals surface area (Å²) in [7, 11) is 1.91. The summed E-state index contributed by atoms with van der Waals surface area (Å²) in [6, 6.07) is 7.74. The molecule has 2 N–H and O–H groups in total. The number of amides is 1. The Morgan fingerprint density at radius 2 is 2.00 bits per heavy atom. The topological polar surface area (TPSA) is 54.0 Å². The summed E-state index contributed by atoms with van der Waals surface area (Å²) in [6.45, 7) is 3.59. The smallest absolute Gasteiger partial charge is 0.252 e. The van der Waals surface area contributed by atoms with Crippen molar-refractivity contribution in [1.29, 1.82) is 0 Å². The Kier molecular flexibility index (Phi) is 12.1.